The van der Waals surface area contributed by atoms with Gasteiger partial charge < -0.3 is 25.0 Å². The third kappa shape index (κ3) is 8.79. The van der Waals surface area contributed by atoms with Gasteiger partial charge in [0.15, 0.2) is 0 Å². The van der Waals surface area contributed by atoms with Gasteiger partial charge in [-0.15, -0.1) is 6.42 Å². The van der Waals surface area contributed by atoms with Crippen LogP contribution in [0, 0.1) is 12.3 Å². The van der Waals surface area contributed by atoms with Gasteiger partial charge in [0.1, 0.15) is 24.2 Å². The number of nitrogens with zero attached hydrogens (tertiary/aromatic N) is 1. The molecule has 36 heavy (non-hydrogen) atoms. The van der Waals surface area contributed by atoms with Gasteiger partial charge in [0.25, 0.3) is 0 Å². The Balaban J connectivity index is 3.55. The highest BCUT2D eigenvalue weighted by Crippen LogP contribution is 2.32. The van der Waals surface area contributed by atoms with Gasteiger partial charge in [0.2, 0.25) is 11.8 Å². The lowest BCUT2D eigenvalue weighted by Gasteiger charge is -2.44. The summed E-state index contributed by atoms with van der Waals surface area (Å²) in [5, 5.41) is 5.10. The quantitative estimate of drug-likeness (QED) is 0.249. The summed E-state index contributed by atoms with van der Waals surface area (Å²) in [5.74, 6) is 0.697. The summed E-state index contributed by atoms with van der Waals surface area (Å²) >= 11 is 4.27. The summed E-state index contributed by atoms with van der Waals surface area (Å²) < 4.78 is 9.93. The summed E-state index contributed by atoms with van der Waals surface area (Å²) in [6.07, 6.45) is 5.17. The molecular weight excluding hydrogens is 482 g/mol. The number of terminal acetylenes is 1. The standard InChI is InChI=1S/C26H37N3O6S/c1-9-17-11-13-18(14-12-17)21(22(31)27-15-20(30)34-8)29(26(6,7)10-2)23(32)19(16-36)28-24(33)35-25(3,4)5/h1,11-14,19,21,36H,10,15-16H2,2-8H3,(H,27,31)(H,28,33). The van der Waals surface area contributed by atoms with Crippen molar-refractivity contribution in [2.45, 2.75) is 71.2 Å². The van der Waals surface area contributed by atoms with Gasteiger partial charge in [-0.2, -0.15) is 12.6 Å². The molecule has 3 amide bonds. The van der Waals surface area contributed by atoms with Gasteiger partial charge >= 0.3 is 12.1 Å². The topological polar surface area (TPSA) is 114 Å². The molecule has 2 atom stereocenters. The fourth-order valence-corrected chi connectivity index (χ4v) is 3.50. The summed E-state index contributed by atoms with van der Waals surface area (Å²) in [6, 6.07) is 4.39. The molecule has 1 rings (SSSR count). The van der Waals surface area contributed by atoms with E-state index in [1.54, 1.807) is 45.0 Å². The summed E-state index contributed by atoms with van der Waals surface area (Å²) in [4.78, 5) is 52.9. The second-order valence-electron chi connectivity index (χ2n) is 9.72. The van der Waals surface area contributed by atoms with Crippen LogP contribution in [0.3, 0.4) is 0 Å². The van der Waals surface area contributed by atoms with Crippen molar-refractivity contribution in [2.24, 2.45) is 0 Å². The van der Waals surface area contributed by atoms with Crippen LogP contribution in [0.4, 0.5) is 4.79 Å². The number of rotatable bonds is 10. The lowest BCUT2D eigenvalue weighted by molar-refractivity contribution is -0.149. The average molecular weight is 520 g/mol. The van der Waals surface area contributed by atoms with Crippen LogP contribution in [0.1, 0.15) is 65.1 Å². The highest BCUT2D eigenvalue weighted by atomic mass is 32.1. The fourth-order valence-electron chi connectivity index (χ4n) is 3.26. The number of thiol groups is 1. The van der Waals surface area contributed by atoms with Gasteiger partial charge in [0.05, 0.1) is 7.11 Å². The van der Waals surface area contributed by atoms with Crippen LogP contribution in [0.25, 0.3) is 0 Å². The third-order valence-electron chi connectivity index (χ3n) is 5.46. The number of nitrogens with one attached hydrogen (secondary N) is 2. The Hall–Kier alpha value is -3.19. The first-order valence-electron chi connectivity index (χ1n) is 11.5. The zero-order valence-electron chi connectivity index (χ0n) is 22.0. The number of alkyl carbamates (subject to hydrolysis) is 1. The van der Waals surface area contributed by atoms with Gasteiger partial charge in [-0.1, -0.05) is 25.0 Å². The van der Waals surface area contributed by atoms with E-state index in [2.05, 4.69) is 33.9 Å². The lowest BCUT2D eigenvalue weighted by Crippen LogP contribution is -2.60. The lowest BCUT2D eigenvalue weighted by atomic mass is 9.92. The molecule has 0 bridgehead atoms. The van der Waals surface area contributed by atoms with Gasteiger partial charge in [-0.3, -0.25) is 14.4 Å². The van der Waals surface area contributed by atoms with Crippen molar-refractivity contribution in [2.75, 3.05) is 19.4 Å². The van der Waals surface area contributed by atoms with Crippen molar-refractivity contribution < 1.29 is 28.7 Å². The Morgan fingerprint density at radius 1 is 1.11 bits per heavy atom. The Morgan fingerprint density at radius 2 is 1.69 bits per heavy atom. The van der Waals surface area contributed by atoms with Crippen LogP contribution >= 0.6 is 12.6 Å². The van der Waals surface area contributed by atoms with E-state index < -0.39 is 47.1 Å². The first-order valence-corrected chi connectivity index (χ1v) is 12.2. The SMILES string of the molecule is C#Cc1ccc(C(C(=O)NCC(=O)OC)N(C(=O)C(CS)NC(=O)OC(C)(C)C)C(C)(C)CC)cc1. The molecule has 0 heterocycles. The molecular formula is C26H37N3O6S. The van der Waals surface area contributed by atoms with Crippen molar-refractivity contribution in [1.29, 1.82) is 0 Å². The Morgan fingerprint density at radius 3 is 2.14 bits per heavy atom. The number of hydrogen-bond acceptors (Lipinski definition) is 7. The van der Waals surface area contributed by atoms with Crippen LogP contribution in [0.15, 0.2) is 24.3 Å². The summed E-state index contributed by atoms with van der Waals surface area (Å²) in [5.41, 5.74) is -0.543. The minimum Gasteiger partial charge on any atom is -0.468 e. The van der Waals surface area contributed by atoms with Gasteiger partial charge in [0, 0.05) is 16.9 Å². The van der Waals surface area contributed by atoms with Gasteiger partial charge in [-0.05, 0) is 58.7 Å². The smallest absolute Gasteiger partial charge is 0.408 e. The van der Waals surface area contributed by atoms with Crippen molar-refractivity contribution in [1.82, 2.24) is 15.5 Å². The zero-order valence-corrected chi connectivity index (χ0v) is 22.9. The average Bonchev–Trinajstić information content (AvgIpc) is 2.82. The maximum atomic E-state index is 13.9. The van der Waals surface area contributed by atoms with Crippen LogP contribution in [0.5, 0.6) is 0 Å². The fraction of sp³-hybridized carbons (Fsp3) is 0.538. The number of carbonyl (C=O) groups is 4. The highest BCUT2D eigenvalue weighted by molar-refractivity contribution is 7.80. The number of benzene rings is 1. The Kier molecular flexibility index (Phi) is 11.3. The van der Waals surface area contributed by atoms with Crippen LogP contribution in [0.2, 0.25) is 0 Å². The number of methoxy groups -OCH3 is 1. The molecule has 0 fully saturated rings. The monoisotopic (exact) mass is 519 g/mol. The number of carbonyl (C=O) groups excluding carboxylic acids is 4. The van der Waals surface area contributed by atoms with E-state index in [1.807, 2.05) is 20.8 Å². The third-order valence-corrected chi connectivity index (χ3v) is 5.83. The molecule has 198 valence electrons. The Labute approximate surface area is 219 Å². The molecule has 0 radical (unpaired) electrons. The van der Waals surface area contributed by atoms with E-state index in [4.69, 9.17) is 11.2 Å². The van der Waals surface area contributed by atoms with Crippen molar-refractivity contribution in [3.8, 4) is 12.3 Å². The number of hydrogen-bond donors (Lipinski definition) is 3. The predicted octanol–water partition coefficient (Wildman–Crippen LogP) is 2.84. The molecule has 2 unspecified atom stereocenters. The van der Waals surface area contributed by atoms with Crippen LogP contribution in [-0.4, -0.2) is 65.4 Å². The van der Waals surface area contributed by atoms with E-state index in [0.29, 0.717) is 17.5 Å². The first-order chi connectivity index (χ1) is 16.7. The largest absolute Gasteiger partial charge is 0.468 e. The molecule has 1 aromatic carbocycles. The predicted molar refractivity (Wildman–Crippen MR) is 140 cm³/mol. The molecule has 9 nitrogen and oxygen atoms in total. The minimum atomic E-state index is -1.15. The van der Waals surface area contributed by atoms with E-state index in [0.717, 1.165) is 0 Å². The molecule has 0 aliphatic rings. The second kappa shape index (κ2) is 13.2. The van der Waals surface area contributed by atoms with Crippen LogP contribution in [-0.2, 0) is 23.9 Å². The maximum absolute atomic E-state index is 13.9. The summed E-state index contributed by atoms with van der Waals surface area (Å²) in [6.45, 7) is 10.2. The number of ether oxygens (including phenoxy) is 2. The minimum absolute atomic E-state index is 0.0408. The molecule has 0 aliphatic heterocycles. The van der Waals surface area contributed by atoms with Crippen molar-refractivity contribution >= 4 is 36.5 Å². The normalized spacial score (nSPS) is 13.0. The van der Waals surface area contributed by atoms with E-state index in [9.17, 15) is 19.2 Å². The van der Waals surface area contributed by atoms with E-state index in [1.165, 1.54) is 12.0 Å². The summed E-state index contributed by atoms with van der Waals surface area (Å²) in [7, 11) is 1.21. The molecule has 0 aromatic heterocycles. The van der Waals surface area contributed by atoms with E-state index in [-0.39, 0.29) is 12.3 Å². The molecule has 2 N–H and O–H groups in total. The number of amides is 3. The van der Waals surface area contributed by atoms with Crippen molar-refractivity contribution in [3.05, 3.63) is 35.4 Å². The molecule has 0 spiro atoms. The molecule has 1 aromatic rings. The molecule has 0 aliphatic carbocycles. The molecule has 0 saturated carbocycles. The van der Waals surface area contributed by atoms with Crippen LogP contribution < -0.4 is 10.6 Å². The zero-order chi connectivity index (χ0) is 27.7. The highest BCUT2D eigenvalue weighted by Gasteiger charge is 2.43. The number of esters is 1. The molecule has 0 saturated heterocycles. The maximum Gasteiger partial charge on any atom is 0.408 e. The second-order valence-corrected chi connectivity index (χ2v) is 10.1. The van der Waals surface area contributed by atoms with E-state index >= 15 is 0 Å². The first kappa shape index (κ1) is 30.8. The van der Waals surface area contributed by atoms with Gasteiger partial charge in [-0.25, -0.2) is 4.79 Å². The molecule has 10 heteroatoms. The van der Waals surface area contributed by atoms with Crippen molar-refractivity contribution in [3.63, 3.8) is 0 Å². The Bertz CT molecular complexity index is 979.